The number of carbonyl (C=O) groups is 4. The number of benzene rings is 3. The molecule has 0 aliphatic carbocycles. The molecule has 6 rings (SSSR count). The van der Waals surface area contributed by atoms with Gasteiger partial charge in [0.15, 0.2) is 0 Å². The van der Waals surface area contributed by atoms with Gasteiger partial charge in [0.05, 0.1) is 11.6 Å². The third-order valence-electron chi connectivity index (χ3n) is 8.18. The molecular weight excluding hydrogens is 582 g/mol. The van der Waals surface area contributed by atoms with Crippen molar-refractivity contribution < 1.29 is 23.6 Å². The number of carbonyl (C=O) groups excluding carboxylic acids is 4. The zero-order valence-electron chi connectivity index (χ0n) is 22.5. The van der Waals surface area contributed by atoms with Crippen molar-refractivity contribution in [3.63, 3.8) is 0 Å². The van der Waals surface area contributed by atoms with Crippen molar-refractivity contribution in [1.82, 2.24) is 20.0 Å². The summed E-state index contributed by atoms with van der Waals surface area (Å²) in [5.41, 5.74) is 2.62. The molecule has 216 valence electrons. The molecule has 11 heteroatoms. The number of nitrogens with one attached hydrogen (secondary N) is 1. The average molecular weight is 609 g/mol. The maximum atomic E-state index is 15.3. The molecule has 4 amide bonds. The number of piperazine rings is 1. The van der Waals surface area contributed by atoms with Crippen LogP contribution >= 0.6 is 23.2 Å². The second-order valence-corrected chi connectivity index (χ2v) is 11.6. The number of hydrogen-bond donors (Lipinski definition) is 1. The van der Waals surface area contributed by atoms with E-state index >= 15 is 4.39 Å². The van der Waals surface area contributed by atoms with E-state index in [-0.39, 0.29) is 42.5 Å². The predicted octanol–water partition coefficient (Wildman–Crippen LogP) is 4.44. The molecule has 0 saturated carbocycles. The van der Waals surface area contributed by atoms with E-state index in [1.54, 1.807) is 4.90 Å². The van der Waals surface area contributed by atoms with Crippen molar-refractivity contribution in [2.45, 2.75) is 31.5 Å². The number of imide groups is 1. The van der Waals surface area contributed by atoms with Gasteiger partial charge < -0.3 is 9.80 Å². The number of rotatable bonds is 5. The summed E-state index contributed by atoms with van der Waals surface area (Å²) in [5, 5.41) is 3.53. The molecule has 2 saturated heterocycles. The topological polar surface area (TPSA) is 90.0 Å². The van der Waals surface area contributed by atoms with Crippen LogP contribution in [0.15, 0.2) is 60.7 Å². The molecule has 0 radical (unpaired) electrons. The molecule has 0 bridgehead atoms. The Hall–Kier alpha value is -3.79. The van der Waals surface area contributed by atoms with Crippen molar-refractivity contribution in [3.8, 4) is 0 Å². The highest BCUT2D eigenvalue weighted by Crippen LogP contribution is 2.33. The van der Waals surface area contributed by atoms with Crippen LogP contribution < -0.4 is 5.32 Å². The van der Waals surface area contributed by atoms with Gasteiger partial charge in [-0.1, -0.05) is 47.5 Å². The number of hydrogen-bond acceptors (Lipinski definition) is 5. The van der Waals surface area contributed by atoms with Crippen LogP contribution in [0, 0.1) is 5.82 Å². The van der Waals surface area contributed by atoms with Crippen LogP contribution in [0.1, 0.15) is 56.3 Å². The third kappa shape index (κ3) is 5.40. The second-order valence-electron chi connectivity index (χ2n) is 10.7. The first-order valence-electron chi connectivity index (χ1n) is 13.7. The monoisotopic (exact) mass is 608 g/mol. The van der Waals surface area contributed by atoms with Gasteiger partial charge in [0.2, 0.25) is 11.8 Å². The van der Waals surface area contributed by atoms with Crippen molar-refractivity contribution in [1.29, 1.82) is 0 Å². The van der Waals surface area contributed by atoms with Crippen LogP contribution in [0.3, 0.4) is 0 Å². The summed E-state index contributed by atoms with van der Waals surface area (Å²) in [6.07, 6.45) is 0.327. The van der Waals surface area contributed by atoms with Crippen LogP contribution in [0.25, 0.3) is 0 Å². The van der Waals surface area contributed by atoms with E-state index in [4.69, 9.17) is 23.2 Å². The van der Waals surface area contributed by atoms with E-state index in [0.29, 0.717) is 41.8 Å². The van der Waals surface area contributed by atoms with Crippen LogP contribution in [0.2, 0.25) is 10.0 Å². The number of nitrogens with zero attached hydrogens (tertiary/aromatic N) is 3. The molecule has 3 aromatic rings. The molecule has 1 unspecified atom stereocenters. The largest absolute Gasteiger partial charge is 0.336 e. The highest BCUT2D eigenvalue weighted by molar-refractivity contribution is 6.30. The fourth-order valence-electron chi connectivity index (χ4n) is 6.01. The predicted molar refractivity (Wildman–Crippen MR) is 155 cm³/mol. The lowest BCUT2D eigenvalue weighted by Crippen LogP contribution is -2.52. The Morgan fingerprint density at radius 1 is 0.881 bits per heavy atom. The molecule has 1 atom stereocenters. The van der Waals surface area contributed by atoms with Gasteiger partial charge in [0, 0.05) is 54.8 Å². The third-order valence-corrected chi connectivity index (χ3v) is 8.68. The lowest BCUT2D eigenvalue weighted by atomic mass is 9.96. The summed E-state index contributed by atoms with van der Waals surface area (Å²) in [7, 11) is 0. The van der Waals surface area contributed by atoms with E-state index < -0.39 is 29.6 Å². The van der Waals surface area contributed by atoms with Crippen molar-refractivity contribution in [2.24, 2.45) is 0 Å². The fourth-order valence-corrected chi connectivity index (χ4v) is 6.26. The van der Waals surface area contributed by atoms with Gasteiger partial charge in [-0.3, -0.25) is 29.4 Å². The van der Waals surface area contributed by atoms with Crippen molar-refractivity contribution >= 4 is 46.8 Å². The maximum Gasteiger partial charge on any atom is 0.256 e. The molecule has 0 aromatic heterocycles. The standard InChI is InChI=1S/C31H27Cl2FN4O4/c32-21-5-1-18(2-6-21)28(19-3-7-22(33)8-4-19)36-11-13-37(14-12-36)30(41)24-15-20-17-38(31(42)23(20)16-25(24)34)26-9-10-27(39)35-29(26)40/h1-8,15-16,26,28H,9-14,17H2,(H,35,39,40). The summed E-state index contributed by atoms with van der Waals surface area (Å²) in [6, 6.07) is 16.9. The van der Waals surface area contributed by atoms with Gasteiger partial charge in [-0.2, -0.15) is 0 Å². The zero-order chi connectivity index (χ0) is 29.5. The minimum atomic E-state index is -0.813. The van der Waals surface area contributed by atoms with Crippen LogP contribution in [0.4, 0.5) is 4.39 Å². The molecule has 3 heterocycles. The maximum absolute atomic E-state index is 15.3. The van der Waals surface area contributed by atoms with Crippen LogP contribution in [-0.2, 0) is 16.1 Å². The summed E-state index contributed by atoms with van der Waals surface area (Å²) < 4.78 is 15.3. The molecule has 8 nitrogen and oxygen atoms in total. The summed E-state index contributed by atoms with van der Waals surface area (Å²) >= 11 is 12.3. The molecule has 3 aromatic carbocycles. The van der Waals surface area contributed by atoms with Crippen LogP contribution in [-0.4, -0.2) is 70.5 Å². The normalized spacial score (nSPS) is 19.3. The van der Waals surface area contributed by atoms with Crippen molar-refractivity contribution in [3.05, 3.63) is 104 Å². The minimum Gasteiger partial charge on any atom is -0.336 e. The van der Waals surface area contributed by atoms with E-state index in [1.807, 2.05) is 48.5 Å². The lowest BCUT2D eigenvalue weighted by molar-refractivity contribution is -0.136. The minimum absolute atomic E-state index is 0.0681. The summed E-state index contributed by atoms with van der Waals surface area (Å²) in [5.74, 6) is -2.64. The number of halogens is 3. The molecule has 3 aliphatic rings. The lowest BCUT2D eigenvalue weighted by Gasteiger charge is -2.40. The van der Waals surface area contributed by atoms with E-state index in [1.165, 1.54) is 11.0 Å². The van der Waals surface area contributed by atoms with Crippen LogP contribution in [0.5, 0.6) is 0 Å². The number of piperidine rings is 1. The fraction of sp³-hybridized carbons (Fsp3) is 0.290. The number of fused-ring (bicyclic) bond motifs is 1. The summed E-state index contributed by atoms with van der Waals surface area (Å²) in [4.78, 5) is 55.6. The summed E-state index contributed by atoms with van der Waals surface area (Å²) in [6.45, 7) is 1.94. The first-order chi connectivity index (χ1) is 20.2. The van der Waals surface area contributed by atoms with Gasteiger partial charge in [-0.25, -0.2) is 4.39 Å². The molecular formula is C31H27Cl2FN4O4. The quantitative estimate of drug-likeness (QED) is 0.433. The first-order valence-corrected chi connectivity index (χ1v) is 14.5. The Labute approximate surface area is 252 Å². The van der Waals surface area contributed by atoms with E-state index in [0.717, 1.165) is 17.2 Å². The smallest absolute Gasteiger partial charge is 0.256 e. The Kier molecular flexibility index (Phi) is 7.74. The van der Waals surface area contributed by atoms with Gasteiger partial charge >= 0.3 is 0 Å². The average Bonchev–Trinajstić information content (AvgIpc) is 3.29. The molecule has 1 N–H and O–H groups in total. The molecule has 3 aliphatic heterocycles. The highest BCUT2D eigenvalue weighted by Gasteiger charge is 2.40. The van der Waals surface area contributed by atoms with E-state index in [2.05, 4.69) is 10.2 Å². The van der Waals surface area contributed by atoms with Gasteiger partial charge in [-0.15, -0.1) is 0 Å². The number of amides is 4. The Morgan fingerprint density at radius 2 is 1.48 bits per heavy atom. The molecule has 0 spiro atoms. The van der Waals surface area contributed by atoms with Crippen molar-refractivity contribution in [2.75, 3.05) is 26.2 Å². The van der Waals surface area contributed by atoms with E-state index in [9.17, 15) is 19.2 Å². The molecule has 42 heavy (non-hydrogen) atoms. The second kappa shape index (κ2) is 11.5. The highest BCUT2D eigenvalue weighted by atomic mass is 35.5. The zero-order valence-corrected chi connectivity index (χ0v) is 24.0. The van der Waals surface area contributed by atoms with Gasteiger partial charge in [0.25, 0.3) is 11.8 Å². The van der Waals surface area contributed by atoms with Gasteiger partial charge in [0.1, 0.15) is 11.9 Å². The Morgan fingerprint density at radius 3 is 2.05 bits per heavy atom. The van der Waals surface area contributed by atoms with Gasteiger partial charge in [-0.05, 0) is 59.5 Å². The first kappa shape index (κ1) is 28.3. The Balaban J connectivity index is 1.18. The molecule has 2 fully saturated rings. The Bertz CT molecular complexity index is 1530. The SMILES string of the molecule is O=C1CCC(N2Cc3cc(C(=O)N4CCN(C(c5ccc(Cl)cc5)c5ccc(Cl)cc5)CC4)c(F)cc3C2=O)C(=O)N1.